The Kier molecular flexibility index (Phi) is 5.72. The highest BCUT2D eigenvalue weighted by Gasteiger charge is 2.40. The van der Waals surface area contributed by atoms with Crippen molar-refractivity contribution in [3.63, 3.8) is 0 Å². The van der Waals surface area contributed by atoms with Crippen LogP contribution in [0.15, 0.2) is 54.9 Å². The molecule has 29 heavy (non-hydrogen) atoms. The lowest BCUT2D eigenvalue weighted by Gasteiger charge is -2.46. The molecule has 1 aliphatic heterocycles. The molecule has 2 atom stereocenters. The maximum absolute atomic E-state index is 12.8. The highest BCUT2D eigenvalue weighted by molar-refractivity contribution is 5.80. The number of allylic oxidation sites excluding steroid dienone is 2. The van der Waals surface area contributed by atoms with E-state index < -0.39 is 12.0 Å². The van der Waals surface area contributed by atoms with Crippen LogP contribution in [0.25, 0.3) is 5.57 Å². The first kappa shape index (κ1) is 19.7. The molecule has 0 bridgehead atoms. The van der Waals surface area contributed by atoms with Gasteiger partial charge in [0, 0.05) is 30.4 Å². The van der Waals surface area contributed by atoms with Crippen LogP contribution in [0.2, 0.25) is 0 Å². The van der Waals surface area contributed by atoms with Crippen molar-refractivity contribution < 1.29 is 13.6 Å². The molecule has 0 spiro atoms. The van der Waals surface area contributed by atoms with Gasteiger partial charge in [-0.15, -0.1) is 0 Å². The van der Waals surface area contributed by atoms with Gasteiger partial charge in [-0.05, 0) is 36.9 Å². The molecule has 1 N–H and O–H groups in total. The maximum atomic E-state index is 12.8. The molecule has 2 unspecified atom stereocenters. The lowest BCUT2D eigenvalue weighted by Crippen LogP contribution is -2.56. The minimum absolute atomic E-state index is 0.0189. The van der Waals surface area contributed by atoms with Crippen molar-refractivity contribution in [2.45, 2.75) is 50.1 Å². The van der Waals surface area contributed by atoms with Gasteiger partial charge in [0.05, 0.1) is 5.54 Å². The van der Waals surface area contributed by atoms with E-state index in [1.54, 1.807) is 18.3 Å². The summed E-state index contributed by atoms with van der Waals surface area (Å²) >= 11 is 0. The molecule has 1 saturated heterocycles. The average molecular weight is 397 g/mol. The SMILES string of the molecule is O=CC1(N2CCCCC2Cc2ncc[nH]2)C=CC(c2ccc(C(F)F)cc2)=CC1. The summed E-state index contributed by atoms with van der Waals surface area (Å²) in [4.78, 5) is 22.1. The summed E-state index contributed by atoms with van der Waals surface area (Å²) in [5.74, 6) is 0.943. The van der Waals surface area contributed by atoms with Crippen molar-refractivity contribution in [3.8, 4) is 0 Å². The molecule has 4 rings (SSSR count). The van der Waals surface area contributed by atoms with E-state index in [4.69, 9.17) is 0 Å². The highest BCUT2D eigenvalue weighted by Crippen LogP contribution is 2.35. The summed E-state index contributed by atoms with van der Waals surface area (Å²) in [5.41, 5.74) is 1.20. The van der Waals surface area contributed by atoms with Gasteiger partial charge in [0.2, 0.25) is 0 Å². The third-order valence-corrected chi connectivity index (χ3v) is 6.05. The van der Waals surface area contributed by atoms with Crippen LogP contribution in [0.4, 0.5) is 8.78 Å². The smallest absolute Gasteiger partial charge is 0.263 e. The molecule has 1 fully saturated rings. The van der Waals surface area contributed by atoms with Gasteiger partial charge in [0.1, 0.15) is 12.1 Å². The fourth-order valence-electron chi connectivity index (χ4n) is 4.44. The normalized spacial score (nSPS) is 25.2. The Morgan fingerprint density at radius 3 is 2.72 bits per heavy atom. The first-order valence-corrected chi connectivity index (χ1v) is 10.1. The third-order valence-electron chi connectivity index (χ3n) is 6.05. The largest absolute Gasteiger partial charge is 0.349 e. The standard InChI is InChI=1S/C23H25F2N3O/c24-22(25)19-6-4-17(5-7-19)18-8-10-23(16-29,11-9-18)28-14-2-1-3-20(28)15-21-26-12-13-27-21/h4-10,12-13,16,20,22H,1-3,11,14-15H2,(H,26,27). The quantitative estimate of drug-likeness (QED) is 0.717. The van der Waals surface area contributed by atoms with E-state index in [0.717, 1.165) is 55.5 Å². The molecule has 152 valence electrons. The number of hydrogen-bond acceptors (Lipinski definition) is 3. The van der Waals surface area contributed by atoms with Crippen LogP contribution in [0.5, 0.6) is 0 Å². The predicted molar refractivity (Wildman–Crippen MR) is 109 cm³/mol. The first-order valence-electron chi connectivity index (χ1n) is 10.1. The Balaban J connectivity index is 1.53. The number of nitrogens with zero attached hydrogens (tertiary/aromatic N) is 2. The van der Waals surface area contributed by atoms with Crippen molar-refractivity contribution in [2.75, 3.05) is 6.54 Å². The minimum Gasteiger partial charge on any atom is -0.349 e. The summed E-state index contributed by atoms with van der Waals surface area (Å²) in [7, 11) is 0. The lowest BCUT2D eigenvalue weighted by atomic mass is 9.82. The van der Waals surface area contributed by atoms with Gasteiger partial charge in [-0.3, -0.25) is 4.90 Å². The zero-order valence-electron chi connectivity index (χ0n) is 16.2. The molecule has 1 aromatic carbocycles. The van der Waals surface area contributed by atoms with E-state index in [1.165, 1.54) is 12.1 Å². The summed E-state index contributed by atoms with van der Waals surface area (Å²) in [6, 6.07) is 6.60. The van der Waals surface area contributed by atoms with Crippen LogP contribution in [0.3, 0.4) is 0 Å². The molecular formula is C23H25F2N3O. The van der Waals surface area contributed by atoms with Crippen molar-refractivity contribution in [1.82, 2.24) is 14.9 Å². The molecule has 2 aliphatic rings. The fraction of sp³-hybridized carbons (Fsp3) is 0.391. The third kappa shape index (κ3) is 4.08. The van der Waals surface area contributed by atoms with E-state index in [-0.39, 0.29) is 11.6 Å². The number of benzene rings is 1. The number of likely N-dealkylation sites (tertiary alicyclic amines) is 1. The van der Waals surface area contributed by atoms with Gasteiger partial charge < -0.3 is 9.78 Å². The van der Waals surface area contributed by atoms with E-state index in [2.05, 4.69) is 14.9 Å². The van der Waals surface area contributed by atoms with Gasteiger partial charge in [-0.2, -0.15) is 0 Å². The number of imidazole rings is 1. The number of rotatable bonds is 6. The molecule has 2 aromatic rings. The van der Waals surface area contributed by atoms with E-state index >= 15 is 0 Å². The van der Waals surface area contributed by atoms with Crippen molar-refractivity contribution in [1.29, 1.82) is 0 Å². The van der Waals surface area contributed by atoms with Gasteiger partial charge >= 0.3 is 0 Å². The number of piperidine rings is 1. The van der Waals surface area contributed by atoms with Crippen LogP contribution >= 0.6 is 0 Å². The van der Waals surface area contributed by atoms with Crippen molar-refractivity contribution in [3.05, 3.63) is 71.8 Å². The number of hydrogen-bond donors (Lipinski definition) is 1. The monoisotopic (exact) mass is 397 g/mol. The first-order chi connectivity index (χ1) is 14.1. The predicted octanol–water partition coefficient (Wildman–Crippen LogP) is 4.73. The second kappa shape index (κ2) is 8.41. The number of halogens is 2. The molecule has 0 saturated carbocycles. The second-order valence-electron chi connectivity index (χ2n) is 7.81. The van der Waals surface area contributed by atoms with Crippen LogP contribution in [0.1, 0.15) is 49.1 Å². The van der Waals surface area contributed by atoms with Crippen LogP contribution in [0, 0.1) is 0 Å². The van der Waals surface area contributed by atoms with Gasteiger partial charge in [-0.1, -0.05) is 48.9 Å². The zero-order chi connectivity index (χ0) is 20.3. The number of carbonyl (C=O) groups is 1. The van der Waals surface area contributed by atoms with Gasteiger partial charge in [-0.25, -0.2) is 13.8 Å². The van der Waals surface area contributed by atoms with Gasteiger partial charge in [0.15, 0.2) is 0 Å². The number of H-pyrrole nitrogens is 1. The number of alkyl halides is 2. The Bertz CT molecular complexity index is 889. The van der Waals surface area contributed by atoms with Crippen molar-refractivity contribution >= 4 is 11.9 Å². The second-order valence-corrected chi connectivity index (χ2v) is 7.81. The van der Waals surface area contributed by atoms with E-state index in [9.17, 15) is 13.6 Å². The highest BCUT2D eigenvalue weighted by atomic mass is 19.3. The summed E-state index contributed by atoms with van der Waals surface area (Å²) < 4.78 is 25.6. The summed E-state index contributed by atoms with van der Waals surface area (Å²) in [6.07, 6.45) is 12.8. The van der Waals surface area contributed by atoms with Crippen LogP contribution < -0.4 is 0 Å². The molecule has 4 nitrogen and oxygen atoms in total. The summed E-state index contributed by atoms with van der Waals surface area (Å²) in [5, 5.41) is 0. The molecule has 6 heteroatoms. The van der Waals surface area contributed by atoms with Gasteiger partial charge in [0.25, 0.3) is 6.43 Å². The minimum atomic E-state index is -2.46. The number of aldehydes is 1. The Hall–Kier alpha value is -2.60. The molecule has 0 amide bonds. The Morgan fingerprint density at radius 1 is 1.28 bits per heavy atom. The molecular weight excluding hydrogens is 372 g/mol. The molecule has 1 aliphatic carbocycles. The Morgan fingerprint density at radius 2 is 2.10 bits per heavy atom. The van der Waals surface area contributed by atoms with Crippen LogP contribution in [-0.4, -0.2) is 39.3 Å². The maximum Gasteiger partial charge on any atom is 0.263 e. The molecule has 0 radical (unpaired) electrons. The zero-order valence-corrected chi connectivity index (χ0v) is 16.2. The number of nitrogens with one attached hydrogen (secondary N) is 1. The average Bonchev–Trinajstić information content (AvgIpc) is 3.27. The topological polar surface area (TPSA) is 49.0 Å². The Labute approximate surface area is 169 Å². The van der Waals surface area contributed by atoms with E-state index in [0.29, 0.717) is 6.42 Å². The summed E-state index contributed by atoms with van der Waals surface area (Å²) in [6.45, 7) is 0.876. The van der Waals surface area contributed by atoms with Crippen molar-refractivity contribution in [2.24, 2.45) is 0 Å². The number of aromatic nitrogens is 2. The number of carbonyl (C=O) groups excluding carboxylic acids is 1. The lowest BCUT2D eigenvalue weighted by molar-refractivity contribution is -0.118. The molecule has 2 heterocycles. The van der Waals surface area contributed by atoms with E-state index in [1.807, 2.05) is 24.4 Å². The molecule has 1 aromatic heterocycles. The fourth-order valence-corrected chi connectivity index (χ4v) is 4.44. The van der Waals surface area contributed by atoms with Crippen LogP contribution in [-0.2, 0) is 11.2 Å². The number of aromatic amines is 1.